The van der Waals surface area contributed by atoms with Crippen LogP contribution in [0.5, 0.6) is 0 Å². The molecule has 0 bridgehead atoms. The maximum atomic E-state index is 11.8. The smallest absolute Gasteiger partial charge is 0.280 e. The monoisotopic (exact) mass is 325 g/mol. The molecule has 5 N–H and O–H groups in total. The van der Waals surface area contributed by atoms with Crippen LogP contribution in [0.2, 0.25) is 0 Å². The number of aliphatic hydroxyl groups is 2. The number of aromatic nitrogens is 4. The molecule has 2 aromatic rings. The molecule has 0 aromatic carbocycles. The minimum atomic E-state index is -1.09. The van der Waals surface area contributed by atoms with Crippen LogP contribution in [-0.4, -0.2) is 60.4 Å². The number of ether oxygens (including phenoxy) is 2. The number of aromatic amines is 1. The molecule has 3 atom stereocenters. The van der Waals surface area contributed by atoms with Crippen LogP contribution < -0.4 is 11.3 Å². The first-order chi connectivity index (χ1) is 10.8. The van der Waals surface area contributed by atoms with Crippen molar-refractivity contribution >= 4 is 17.1 Å². The third-order valence-corrected chi connectivity index (χ3v) is 3.66. The topological polar surface area (TPSA) is 149 Å². The minimum Gasteiger partial charge on any atom is -0.394 e. The van der Waals surface area contributed by atoms with Gasteiger partial charge in [0, 0.05) is 0 Å². The predicted octanol–water partition coefficient (Wildman–Crippen LogP) is -1.42. The molecule has 0 unspecified atom stereocenters. The maximum absolute atomic E-state index is 11.8. The summed E-state index contributed by atoms with van der Waals surface area (Å²) in [5, 5.41) is 19.1. The lowest BCUT2D eigenvalue weighted by Crippen LogP contribution is -2.39. The summed E-state index contributed by atoms with van der Waals surface area (Å²) in [6, 6.07) is 0. The van der Waals surface area contributed by atoms with E-state index in [4.69, 9.17) is 15.2 Å². The van der Waals surface area contributed by atoms with Crippen LogP contribution in [0.15, 0.2) is 11.1 Å². The van der Waals surface area contributed by atoms with Gasteiger partial charge in [0.1, 0.15) is 18.3 Å². The Kier molecular flexibility index (Phi) is 3.84. The first-order valence-corrected chi connectivity index (χ1v) is 7.16. The van der Waals surface area contributed by atoms with Gasteiger partial charge in [-0.3, -0.25) is 9.78 Å². The lowest BCUT2D eigenvalue weighted by Gasteiger charge is -2.21. The number of nitrogens with zero attached hydrogens (tertiary/aromatic N) is 3. The van der Waals surface area contributed by atoms with Gasteiger partial charge in [0.2, 0.25) is 5.95 Å². The molecule has 10 nitrogen and oxygen atoms in total. The lowest BCUT2D eigenvalue weighted by molar-refractivity contribution is -0.157. The SMILES string of the molecule is CC1(C)O[C@H]([C@H](O)CO)[C@H](Cn2cnc3c(=O)[nH]c(N)nc32)O1. The second kappa shape index (κ2) is 5.57. The highest BCUT2D eigenvalue weighted by Crippen LogP contribution is 2.31. The Labute approximate surface area is 130 Å². The molecule has 1 fully saturated rings. The van der Waals surface area contributed by atoms with Crippen LogP contribution in [0.1, 0.15) is 13.8 Å². The van der Waals surface area contributed by atoms with E-state index >= 15 is 0 Å². The second-order valence-corrected chi connectivity index (χ2v) is 5.91. The van der Waals surface area contributed by atoms with Crippen LogP contribution in [0.3, 0.4) is 0 Å². The van der Waals surface area contributed by atoms with Gasteiger partial charge < -0.3 is 30.0 Å². The fourth-order valence-corrected chi connectivity index (χ4v) is 2.73. The summed E-state index contributed by atoms with van der Waals surface area (Å²) < 4.78 is 13.0. The molecule has 0 aliphatic carbocycles. The average Bonchev–Trinajstić information content (AvgIpc) is 2.99. The summed E-state index contributed by atoms with van der Waals surface area (Å²) in [7, 11) is 0. The zero-order valence-electron chi connectivity index (χ0n) is 12.8. The van der Waals surface area contributed by atoms with Gasteiger partial charge in [0.25, 0.3) is 5.56 Å². The van der Waals surface area contributed by atoms with Crippen LogP contribution in [0.4, 0.5) is 5.95 Å². The van der Waals surface area contributed by atoms with Crippen molar-refractivity contribution in [3.63, 3.8) is 0 Å². The minimum absolute atomic E-state index is 0.0138. The number of hydrogen-bond acceptors (Lipinski definition) is 8. The lowest BCUT2D eigenvalue weighted by atomic mass is 10.1. The third kappa shape index (κ3) is 2.93. The van der Waals surface area contributed by atoms with E-state index in [1.807, 2.05) is 0 Å². The highest BCUT2D eigenvalue weighted by Gasteiger charge is 2.44. The molecule has 3 rings (SSSR count). The van der Waals surface area contributed by atoms with E-state index in [2.05, 4.69) is 15.0 Å². The standard InChI is InChI=1S/C13H19N5O5/c1-13(2)22-7(9(23-13)6(20)4-19)3-18-5-15-8-10(18)16-12(14)17-11(8)21/h5-7,9,19-20H,3-4H2,1-2H3,(H3,14,16,17,21)/t6-,7+,9-/m1/s1. The molecular formula is C13H19N5O5. The van der Waals surface area contributed by atoms with Gasteiger partial charge in [0.05, 0.1) is 19.5 Å². The van der Waals surface area contributed by atoms with Gasteiger partial charge in [-0.25, -0.2) is 4.98 Å². The summed E-state index contributed by atoms with van der Waals surface area (Å²) in [6.07, 6.45) is -0.902. The average molecular weight is 325 g/mol. The van der Waals surface area contributed by atoms with E-state index in [1.54, 1.807) is 18.4 Å². The molecule has 1 saturated heterocycles. The molecular weight excluding hydrogens is 306 g/mol. The maximum Gasteiger partial charge on any atom is 0.280 e. The summed E-state index contributed by atoms with van der Waals surface area (Å²) in [6.45, 7) is 3.22. The van der Waals surface area contributed by atoms with E-state index in [9.17, 15) is 15.0 Å². The van der Waals surface area contributed by atoms with E-state index < -0.39 is 36.3 Å². The molecule has 126 valence electrons. The van der Waals surface area contributed by atoms with E-state index in [-0.39, 0.29) is 18.0 Å². The second-order valence-electron chi connectivity index (χ2n) is 5.91. The Morgan fingerprint density at radius 3 is 2.96 bits per heavy atom. The largest absolute Gasteiger partial charge is 0.394 e. The van der Waals surface area contributed by atoms with Gasteiger partial charge in [-0.05, 0) is 13.8 Å². The van der Waals surface area contributed by atoms with Crippen molar-refractivity contribution in [1.29, 1.82) is 0 Å². The first-order valence-electron chi connectivity index (χ1n) is 7.16. The molecule has 3 heterocycles. The number of nitrogens with two attached hydrogens (primary N) is 1. The molecule has 0 amide bonds. The molecule has 0 saturated carbocycles. The highest BCUT2D eigenvalue weighted by atomic mass is 16.8. The number of aliphatic hydroxyl groups excluding tert-OH is 2. The van der Waals surface area contributed by atoms with E-state index in [0.29, 0.717) is 5.65 Å². The Morgan fingerprint density at radius 2 is 2.26 bits per heavy atom. The molecule has 2 aromatic heterocycles. The first kappa shape index (κ1) is 15.9. The van der Waals surface area contributed by atoms with Gasteiger partial charge in [-0.15, -0.1) is 0 Å². The quantitative estimate of drug-likeness (QED) is 0.535. The zero-order valence-corrected chi connectivity index (χ0v) is 12.8. The molecule has 0 spiro atoms. The highest BCUT2D eigenvalue weighted by molar-refractivity contribution is 5.70. The summed E-state index contributed by atoms with van der Waals surface area (Å²) in [5.74, 6) is -0.911. The number of fused-ring (bicyclic) bond motifs is 1. The van der Waals surface area contributed by atoms with Gasteiger partial charge in [0.15, 0.2) is 17.0 Å². The summed E-state index contributed by atoms with van der Waals surface area (Å²) in [4.78, 5) is 22.3. The van der Waals surface area contributed by atoms with Crippen molar-refractivity contribution in [3.05, 3.63) is 16.7 Å². The normalized spacial score (nSPS) is 25.0. The summed E-state index contributed by atoms with van der Waals surface area (Å²) >= 11 is 0. The number of H-pyrrole nitrogens is 1. The van der Waals surface area contributed by atoms with Crippen molar-refractivity contribution < 1.29 is 19.7 Å². The molecule has 23 heavy (non-hydrogen) atoms. The molecule has 1 aliphatic heterocycles. The molecule has 0 radical (unpaired) electrons. The number of nitrogen functional groups attached to an aromatic ring is 1. The third-order valence-electron chi connectivity index (χ3n) is 3.66. The van der Waals surface area contributed by atoms with Crippen molar-refractivity contribution in [3.8, 4) is 0 Å². The Balaban J connectivity index is 1.93. The number of nitrogens with one attached hydrogen (secondary N) is 1. The van der Waals surface area contributed by atoms with Crippen molar-refractivity contribution in [2.45, 2.75) is 44.5 Å². The molecule has 10 heteroatoms. The number of hydrogen-bond donors (Lipinski definition) is 4. The van der Waals surface area contributed by atoms with Crippen LogP contribution in [0.25, 0.3) is 11.2 Å². The summed E-state index contributed by atoms with van der Waals surface area (Å²) in [5.41, 5.74) is 5.62. The van der Waals surface area contributed by atoms with Crippen molar-refractivity contribution in [2.75, 3.05) is 12.3 Å². The van der Waals surface area contributed by atoms with Gasteiger partial charge in [-0.1, -0.05) is 0 Å². The number of anilines is 1. The predicted molar refractivity (Wildman–Crippen MR) is 79.5 cm³/mol. The Hall–Kier alpha value is -2.01. The number of rotatable bonds is 4. The Bertz CT molecular complexity index is 770. The van der Waals surface area contributed by atoms with Crippen LogP contribution in [-0.2, 0) is 16.0 Å². The van der Waals surface area contributed by atoms with Crippen molar-refractivity contribution in [2.24, 2.45) is 0 Å². The zero-order chi connectivity index (χ0) is 16.8. The number of imidazole rings is 1. The van der Waals surface area contributed by atoms with Crippen LogP contribution in [0, 0.1) is 0 Å². The van der Waals surface area contributed by atoms with Crippen molar-refractivity contribution in [1.82, 2.24) is 19.5 Å². The van der Waals surface area contributed by atoms with Gasteiger partial charge >= 0.3 is 0 Å². The van der Waals surface area contributed by atoms with E-state index in [1.165, 1.54) is 6.33 Å². The molecule has 1 aliphatic rings. The van der Waals surface area contributed by atoms with Gasteiger partial charge in [-0.2, -0.15) is 4.98 Å². The Morgan fingerprint density at radius 1 is 1.52 bits per heavy atom. The fraction of sp³-hybridized carbons (Fsp3) is 0.615. The van der Waals surface area contributed by atoms with Crippen LogP contribution >= 0.6 is 0 Å². The fourth-order valence-electron chi connectivity index (χ4n) is 2.73. The van der Waals surface area contributed by atoms with E-state index in [0.717, 1.165) is 0 Å².